The van der Waals surface area contributed by atoms with Crippen molar-refractivity contribution in [1.29, 1.82) is 0 Å². The minimum absolute atomic E-state index is 0.0766. The van der Waals surface area contributed by atoms with Gasteiger partial charge in [-0.15, -0.1) is 0 Å². The van der Waals surface area contributed by atoms with E-state index in [1.807, 2.05) is 0 Å². The summed E-state index contributed by atoms with van der Waals surface area (Å²) in [7, 11) is 0. The Balaban J connectivity index is 0.000000257. The molecule has 0 aromatic heterocycles. The molecule has 5 aliphatic rings. The van der Waals surface area contributed by atoms with E-state index in [4.69, 9.17) is 0 Å². The van der Waals surface area contributed by atoms with Gasteiger partial charge in [0.2, 0.25) is 5.91 Å². The number of carbonyl (C=O) groups excluding carboxylic acids is 1. The number of amides is 1. The van der Waals surface area contributed by atoms with Gasteiger partial charge in [-0.3, -0.25) is 9.52 Å². The lowest BCUT2D eigenvalue weighted by Gasteiger charge is -2.62. The number of benzene rings is 2. The summed E-state index contributed by atoms with van der Waals surface area (Å²) in [6.45, 7) is 12.2. The smallest absolute Gasteiger partial charge is 0.393 e. The van der Waals surface area contributed by atoms with Crippen LogP contribution in [0.1, 0.15) is 148 Å². The first-order valence-corrected chi connectivity index (χ1v) is 22.0. The standard InChI is InChI=1S/C30H42F3NO2S.C9H18.C7H5F3/c1-28-16-4-3-6-21(28)18-25(35)27-23-14-11-19(29(23,2)17-15-24(27)28)7-5-8-26(36)34-37-22-12-9-20(10-13-22)30(31,32)33;1-8-6-4-5-7-9(8,2)3;8-7(9,10)6-4-2-1-3-5-6/h9-10,12-13,19,21,23-25,27,35H,3-8,11,14-18H2,1-2H3,(H,34,36);8H,4-7H2,1-3H3;1-5H. The van der Waals surface area contributed by atoms with E-state index < -0.39 is 23.5 Å². The molecule has 2 aromatic rings. The van der Waals surface area contributed by atoms with E-state index in [0.29, 0.717) is 51.7 Å². The van der Waals surface area contributed by atoms with Gasteiger partial charge in [-0.1, -0.05) is 97.1 Å². The van der Waals surface area contributed by atoms with Crippen LogP contribution in [0.5, 0.6) is 0 Å². The number of aliphatic hydroxyl groups excluding tert-OH is 1. The number of nitrogens with one attached hydrogen (secondary N) is 1. The second kappa shape index (κ2) is 18.4. The molecule has 0 saturated heterocycles. The third-order valence-corrected chi connectivity index (χ3v) is 16.2. The largest absolute Gasteiger partial charge is 0.416 e. The maximum absolute atomic E-state index is 12.7. The van der Waals surface area contributed by atoms with E-state index in [9.17, 15) is 36.2 Å². The zero-order chi connectivity index (χ0) is 40.9. The molecule has 5 saturated carbocycles. The Morgan fingerprint density at radius 2 is 1.36 bits per heavy atom. The van der Waals surface area contributed by atoms with Gasteiger partial charge < -0.3 is 5.11 Å². The summed E-state index contributed by atoms with van der Waals surface area (Å²) in [6.07, 6.45) is 10.5. The van der Waals surface area contributed by atoms with Crippen LogP contribution in [0, 0.1) is 51.8 Å². The highest BCUT2D eigenvalue weighted by Gasteiger charge is 2.61. The number of aliphatic hydroxyl groups is 1. The number of fused-ring (bicyclic) bond motifs is 5. The highest BCUT2D eigenvalue weighted by atomic mass is 32.2. The third-order valence-electron chi connectivity index (χ3n) is 15.4. The fraction of sp³-hybridized carbons (Fsp3) is 0.717. The molecule has 5 aliphatic carbocycles. The molecule has 1 amide bonds. The summed E-state index contributed by atoms with van der Waals surface area (Å²) < 4.78 is 76.3. The van der Waals surface area contributed by atoms with Gasteiger partial charge in [0.1, 0.15) is 0 Å². The van der Waals surface area contributed by atoms with E-state index in [1.54, 1.807) is 6.07 Å². The van der Waals surface area contributed by atoms with Crippen molar-refractivity contribution in [2.24, 2.45) is 51.8 Å². The van der Waals surface area contributed by atoms with Crippen molar-refractivity contribution < 1.29 is 36.2 Å². The van der Waals surface area contributed by atoms with Gasteiger partial charge >= 0.3 is 12.4 Å². The molecule has 5 fully saturated rings. The van der Waals surface area contributed by atoms with Crippen LogP contribution in [0.15, 0.2) is 59.5 Å². The van der Waals surface area contributed by atoms with E-state index in [2.05, 4.69) is 39.3 Å². The van der Waals surface area contributed by atoms with E-state index >= 15 is 0 Å². The summed E-state index contributed by atoms with van der Waals surface area (Å²) in [5.74, 6) is 3.85. The van der Waals surface area contributed by atoms with Gasteiger partial charge in [0, 0.05) is 11.3 Å². The van der Waals surface area contributed by atoms with Gasteiger partial charge in [-0.25, -0.2) is 0 Å². The van der Waals surface area contributed by atoms with Crippen molar-refractivity contribution in [2.75, 3.05) is 0 Å². The first kappa shape index (κ1) is 44.9. The molecule has 9 unspecified atom stereocenters. The zero-order valence-electron chi connectivity index (χ0n) is 34.1. The van der Waals surface area contributed by atoms with Crippen LogP contribution in [-0.2, 0) is 17.1 Å². The molecular weight excluding hydrogens is 745 g/mol. The van der Waals surface area contributed by atoms with E-state index in [-0.39, 0.29) is 17.4 Å². The summed E-state index contributed by atoms with van der Waals surface area (Å²) in [4.78, 5) is 13.0. The van der Waals surface area contributed by atoms with Crippen LogP contribution < -0.4 is 4.72 Å². The van der Waals surface area contributed by atoms with Crippen molar-refractivity contribution in [3.8, 4) is 0 Å². The van der Waals surface area contributed by atoms with Crippen molar-refractivity contribution in [1.82, 2.24) is 4.72 Å². The van der Waals surface area contributed by atoms with Crippen LogP contribution in [-0.4, -0.2) is 17.1 Å². The normalized spacial score (nSPS) is 33.6. The number of rotatable bonds is 6. The molecule has 0 aliphatic heterocycles. The maximum Gasteiger partial charge on any atom is 0.416 e. The van der Waals surface area contributed by atoms with Crippen molar-refractivity contribution in [3.63, 3.8) is 0 Å². The Kier molecular flexibility index (Phi) is 14.7. The summed E-state index contributed by atoms with van der Waals surface area (Å²) in [6, 6.07) is 11.2. The Morgan fingerprint density at radius 3 is 1.95 bits per heavy atom. The Hall–Kier alpha value is -2.20. The molecule has 2 aromatic carbocycles. The Bertz CT molecular complexity index is 1550. The van der Waals surface area contributed by atoms with E-state index in [0.717, 1.165) is 61.4 Å². The lowest BCUT2D eigenvalue weighted by atomic mass is 9.44. The molecule has 0 spiro atoms. The molecule has 3 nitrogen and oxygen atoms in total. The molecule has 7 rings (SSSR count). The van der Waals surface area contributed by atoms with Crippen LogP contribution in [0.25, 0.3) is 0 Å². The number of carbonyl (C=O) groups is 1. The second-order valence-corrected chi connectivity index (χ2v) is 19.8. The zero-order valence-corrected chi connectivity index (χ0v) is 34.9. The summed E-state index contributed by atoms with van der Waals surface area (Å²) in [5, 5.41) is 11.4. The number of hydrogen-bond donors (Lipinski definition) is 2. The monoisotopic (exact) mass is 809 g/mol. The van der Waals surface area contributed by atoms with Crippen LogP contribution in [0.4, 0.5) is 26.3 Å². The van der Waals surface area contributed by atoms with Crippen LogP contribution >= 0.6 is 11.9 Å². The summed E-state index contributed by atoms with van der Waals surface area (Å²) in [5.41, 5.74) is 0.0117. The van der Waals surface area contributed by atoms with Crippen molar-refractivity contribution in [2.45, 2.75) is 161 Å². The Labute approximate surface area is 336 Å². The molecule has 56 heavy (non-hydrogen) atoms. The van der Waals surface area contributed by atoms with Crippen LogP contribution in [0.3, 0.4) is 0 Å². The first-order chi connectivity index (χ1) is 26.3. The first-order valence-electron chi connectivity index (χ1n) is 21.2. The predicted octanol–water partition coefficient (Wildman–Crippen LogP) is 13.9. The number of alkyl halides is 6. The lowest BCUT2D eigenvalue weighted by molar-refractivity contribution is -0.162. The molecule has 314 valence electrons. The molecule has 0 heterocycles. The fourth-order valence-electron chi connectivity index (χ4n) is 11.5. The number of hydrogen-bond acceptors (Lipinski definition) is 3. The average molecular weight is 810 g/mol. The fourth-order valence-corrected chi connectivity index (χ4v) is 12.1. The van der Waals surface area contributed by atoms with Gasteiger partial charge in [0.15, 0.2) is 0 Å². The minimum Gasteiger partial charge on any atom is -0.393 e. The second-order valence-electron chi connectivity index (χ2n) is 18.9. The quantitative estimate of drug-likeness (QED) is 0.226. The van der Waals surface area contributed by atoms with E-state index in [1.165, 1.54) is 101 Å². The molecule has 0 radical (unpaired) electrons. The van der Waals surface area contributed by atoms with Gasteiger partial charge in [-0.2, -0.15) is 26.3 Å². The SMILES string of the molecule is CC12CCC3C(C(O)CC4CCCCC43C)C1CCC2CCCC(=O)NSc1ccc(C(F)(F)F)cc1.CC1CCCCC1(C)C.FC(F)(F)c1ccccc1. The Morgan fingerprint density at radius 1 is 0.750 bits per heavy atom. The third kappa shape index (κ3) is 10.7. The maximum atomic E-state index is 12.7. The topological polar surface area (TPSA) is 49.3 Å². The molecular formula is C46H65F6NO2S. The molecule has 2 N–H and O–H groups in total. The average Bonchev–Trinajstić information content (AvgIpc) is 3.48. The van der Waals surface area contributed by atoms with Crippen molar-refractivity contribution in [3.05, 3.63) is 65.7 Å². The number of halogens is 6. The van der Waals surface area contributed by atoms with Gasteiger partial charge in [-0.05, 0) is 152 Å². The van der Waals surface area contributed by atoms with Gasteiger partial charge in [0.05, 0.1) is 17.2 Å². The summed E-state index contributed by atoms with van der Waals surface area (Å²) >= 11 is 1.07. The van der Waals surface area contributed by atoms with Gasteiger partial charge in [0.25, 0.3) is 0 Å². The lowest BCUT2D eigenvalue weighted by Crippen LogP contribution is -2.57. The highest BCUT2D eigenvalue weighted by molar-refractivity contribution is 7.98. The predicted molar refractivity (Wildman–Crippen MR) is 213 cm³/mol. The van der Waals surface area contributed by atoms with Crippen LogP contribution in [0.2, 0.25) is 0 Å². The minimum atomic E-state index is -4.35. The molecule has 0 bridgehead atoms. The molecule has 10 heteroatoms. The molecule has 9 atom stereocenters. The van der Waals surface area contributed by atoms with Crippen molar-refractivity contribution >= 4 is 17.9 Å². The highest BCUT2D eigenvalue weighted by Crippen LogP contribution is 2.68.